The zero-order valence-corrected chi connectivity index (χ0v) is 22.5. The molecule has 5 rings (SSSR count). The number of para-hydroxylation sites is 2. The van der Waals surface area contributed by atoms with Crippen molar-refractivity contribution in [2.45, 2.75) is 32.6 Å². The average molecular weight is 570 g/mol. The fourth-order valence-corrected chi connectivity index (χ4v) is 4.79. The highest BCUT2D eigenvalue weighted by molar-refractivity contribution is 5.94. The van der Waals surface area contributed by atoms with Gasteiger partial charge in [0.15, 0.2) is 0 Å². The van der Waals surface area contributed by atoms with Gasteiger partial charge < -0.3 is 29.8 Å². The first kappa shape index (κ1) is 28.4. The van der Waals surface area contributed by atoms with Crippen LogP contribution < -0.4 is 15.2 Å². The number of carbonyl (C=O) groups is 2. The van der Waals surface area contributed by atoms with Crippen LogP contribution in [0.4, 0.5) is 4.39 Å². The van der Waals surface area contributed by atoms with E-state index < -0.39 is 17.8 Å². The molecule has 4 N–H and O–H groups in total. The Hall–Kier alpha value is -5.15. The molecule has 9 heteroatoms. The van der Waals surface area contributed by atoms with Gasteiger partial charge >= 0.3 is 11.9 Å². The molecule has 0 bridgehead atoms. The molecule has 0 amide bonds. The largest absolute Gasteiger partial charge is 0.489 e. The van der Waals surface area contributed by atoms with Gasteiger partial charge in [0.05, 0.1) is 12.8 Å². The first-order valence-corrected chi connectivity index (χ1v) is 13.2. The Labute approximate surface area is 240 Å². The van der Waals surface area contributed by atoms with E-state index in [4.69, 9.17) is 19.6 Å². The summed E-state index contributed by atoms with van der Waals surface area (Å²) in [7, 11) is 0. The summed E-state index contributed by atoms with van der Waals surface area (Å²) in [5.74, 6) is -1.07. The van der Waals surface area contributed by atoms with Crippen molar-refractivity contribution in [3.05, 3.63) is 119 Å². The second-order valence-electron chi connectivity index (χ2n) is 9.69. The summed E-state index contributed by atoms with van der Waals surface area (Å²) in [6, 6.07) is 24.2. The van der Waals surface area contributed by atoms with Gasteiger partial charge in [0.1, 0.15) is 41.9 Å². The number of carboxylic acids is 2. The highest BCUT2D eigenvalue weighted by Gasteiger charge is 2.18. The van der Waals surface area contributed by atoms with Gasteiger partial charge in [-0.3, -0.25) is 9.59 Å². The number of furan rings is 1. The minimum atomic E-state index is -0.971. The van der Waals surface area contributed by atoms with Gasteiger partial charge in [-0.2, -0.15) is 0 Å². The van der Waals surface area contributed by atoms with E-state index in [1.165, 1.54) is 0 Å². The van der Waals surface area contributed by atoms with Crippen LogP contribution in [0.15, 0.2) is 89.3 Å². The number of hydrogen-bond acceptors (Lipinski definition) is 6. The molecular weight excluding hydrogens is 541 g/mol. The molecule has 0 aliphatic rings. The number of benzene rings is 4. The molecule has 0 radical (unpaired) electrons. The van der Waals surface area contributed by atoms with Crippen LogP contribution >= 0.6 is 0 Å². The third-order valence-corrected chi connectivity index (χ3v) is 6.71. The van der Waals surface area contributed by atoms with Gasteiger partial charge in [0.25, 0.3) is 0 Å². The van der Waals surface area contributed by atoms with E-state index in [0.717, 1.165) is 0 Å². The van der Waals surface area contributed by atoms with Crippen LogP contribution in [0.25, 0.3) is 22.1 Å². The summed E-state index contributed by atoms with van der Waals surface area (Å²) in [6.45, 7) is 0.140. The molecule has 5 aromatic rings. The van der Waals surface area contributed by atoms with Crippen LogP contribution in [0.5, 0.6) is 11.5 Å². The lowest BCUT2D eigenvalue weighted by molar-refractivity contribution is -0.137. The Bertz CT molecular complexity index is 1760. The van der Waals surface area contributed by atoms with Crippen LogP contribution in [-0.2, 0) is 42.2 Å². The van der Waals surface area contributed by atoms with Crippen molar-refractivity contribution in [3.63, 3.8) is 0 Å². The first-order valence-electron chi connectivity index (χ1n) is 13.2. The standard InChI is InChI=1S/C33H28FNO7/c34-32-23(17-35)8-5-9-26(32)27-13-20(18-40-28-10-3-1-6-21(28)15-30(36)37)12-24-14-25(42-33(24)27)19-41-29-11-4-2-7-22(29)16-31(38)39/h1-14H,15-19,35H2,(H,36,37)(H,38,39). The molecule has 1 heterocycles. The van der Waals surface area contributed by atoms with Crippen molar-refractivity contribution < 1.29 is 38.1 Å². The lowest BCUT2D eigenvalue weighted by atomic mass is 9.98. The predicted molar refractivity (Wildman–Crippen MR) is 154 cm³/mol. The van der Waals surface area contributed by atoms with Gasteiger partial charge in [-0.05, 0) is 35.9 Å². The third kappa shape index (κ3) is 6.42. The molecule has 1 aromatic heterocycles. The Balaban J connectivity index is 1.50. The zero-order chi connectivity index (χ0) is 29.6. The minimum Gasteiger partial charge on any atom is -0.489 e. The lowest BCUT2D eigenvalue weighted by Crippen LogP contribution is -2.04. The first-order chi connectivity index (χ1) is 20.3. The third-order valence-electron chi connectivity index (χ3n) is 6.71. The zero-order valence-electron chi connectivity index (χ0n) is 22.5. The number of ether oxygens (including phenoxy) is 2. The predicted octanol–water partition coefficient (Wildman–Crippen LogP) is 6.11. The number of carboxylic acid groups (broad SMARTS) is 2. The second-order valence-corrected chi connectivity index (χ2v) is 9.69. The van der Waals surface area contributed by atoms with Crippen LogP contribution in [0.3, 0.4) is 0 Å². The topological polar surface area (TPSA) is 132 Å². The Morgan fingerprint density at radius 1 is 0.738 bits per heavy atom. The van der Waals surface area contributed by atoms with Crippen molar-refractivity contribution in [2.24, 2.45) is 5.73 Å². The van der Waals surface area contributed by atoms with Crippen molar-refractivity contribution >= 4 is 22.9 Å². The normalized spacial score (nSPS) is 11.0. The molecular formula is C33H28FNO7. The minimum absolute atomic E-state index is 0.0183. The number of hydrogen-bond donors (Lipinski definition) is 3. The maximum absolute atomic E-state index is 15.5. The molecule has 0 saturated heterocycles. The van der Waals surface area contributed by atoms with Crippen LogP contribution in [0, 0.1) is 5.82 Å². The maximum Gasteiger partial charge on any atom is 0.307 e. The van der Waals surface area contributed by atoms with E-state index in [1.807, 2.05) is 6.07 Å². The van der Waals surface area contributed by atoms with Crippen molar-refractivity contribution in [3.8, 4) is 22.6 Å². The van der Waals surface area contributed by atoms with Crippen molar-refractivity contribution in [1.82, 2.24) is 0 Å². The molecule has 0 fully saturated rings. The summed E-state index contributed by atoms with van der Waals surface area (Å²) in [4.78, 5) is 22.5. The van der Waals surface area contributed by atoms with Crippen molar-refractivity contribution in [1.29, 1.82) is 0 Å². The molecule has 0 atom stereocenters. The van der Waals surface area contributed by atoms with Gasteiger partial charge in [-0.1, -0.05) is 54.6 Å². The average Bonchev–Trinajstić information content (AvgIpc) is 3.38. The van der Waals surface area contributed by atoms with Crippen LogP contribution in [-0.4, -0.2) is 22.2 Å². The highest BCUT2D eigenvalue weighted by atomic mass is 19.1. The number of halogens is 1. The molecule has 0 saturated carbocycles. The van der Waals surface area contributed by atoms with E-state index in [2.05, 4.69) is 0 Å². The lowest BCUT2D eigenvalue weighted by Gasteiger charge is -2.13. The fourth-order valence-electron chi connectivity index (χ4n) is 4.79. The van der Waals surface area contributed by atoms with Gasteiger partial charge in [-0.25, -0.2) is 4.39 Å². The number of aliphatic carboxylic acids is 2. The molecule has 0 unspecified atom stereocenters. The SMILES string of the molecule is NCc1cccc(-c2cc(COc3ccccc3CC(=O)O)cc3cc(COc4ccccc4CC(=O)O)oc23)c1F. The molecule has 8 nitrogen and oxygen atoms in total. The fraction of sp³-hybridized carbons (Fsp3) is 0.152. The van der Waals surface area contributed by atoms with E-state index in [9.17, 15) is 19.8 Å². The Kier molecular flexibility index (Phi) is 8.50. The van der Waals surface area contributed by atoms with Crippen molar-refractivity contribution in [2.75, 3.05) is 0 Å². The summed E-state index contributed by atoms with van der Waals surface area (Å²) in [5, 5.41) is 19.1. The Morgan fingerprint density at radius 3 is 1.95 bits per heavy atom. The summed E-state index contributed by atoms with van der Waals surface area (Å²) in [5.41, 5.74) is 9.15. The number of rotatable bonds is 12. The summed E-state index contributed by atoms with van der Waals surface area (Å²) in [6.07, 6.45) is -0.367. The highest BCUT2D eigenvalue weighted by Crippen LogP contribution is 2.36. The van der Waals surface area contributed by atoms with E-state index in [1.54, 1.807) is 78.9 Å². The van der Waals surface area contributed by atoms with E-state index >= 15 is 4.39 Å². The summed E-state index contributed by atoms with van der Waals surface area (Å²) < 4.78 is 33.6. The number of fused-ring (bicyclic) bond motifs is 1. The molecule has 0 aliphatic carbocycles. The monoisotopic (exact) mass is 569 g/mol. The molecule has 214 valence electrons. The second kappa shape index (κ2) is 12.6. The molecule has 0 aliphatic heterocycles. The van der Waals surface area contributed by atoms with Crippen LogP contribution in [0.2, 0.25) is 0 Å². The van der Waals surface area contributed by atoms with Gasteiger partial charge in [0.2, 0.25) is 0 Å². The van der Waals surface area contributed by atoms with Crippen LogP contribution in [0.1, 0.15) is 28.0 Å². The van der Waals surface area contributed by atoms with Gasteiger partial charge in [-0.15, -0.1) is 0 Å². The Morgan fingerprint density at radius 2 is 1.33 bits per heavy atom. The maximum atomic E-state index is 15.5. The van der Waals surface area contributed by atoms with Gasteiger partial charge in [0, 0.05) is 39.7 Å². The molecule has 42 heavy (non-hydrogen) atoms. The summed E-state index contributed by atoms with van der Waals surface area (Å²) >= 11 is 0. The van der Waals surface area contributed by atoms with E-state index in [0.29, 0.717) is 61.6 Å². The molecule has 0 spiro atoms. The number of nitrogens with two attached hydrogens (primary N) is 1. The molecule has 4 aromatic carbocycles. The van der Waals surface area contributed by atoms with E-state index in [-0.39, 0.29) is 32.6 Å². The quantitative estimate of drug-likeness (QED) is 0.164. The smallest absolute Gasteiger partial charge is 0.307 e.